The van der Waals surface area contributed by atoms with Crippen molar-refractivity contribution in [3.8, 4) is 11.8 Å². The zero-order chi connectivity index (χ0) is 22.3. The number of anilines is 1. The minimum atomic E-state index is 0.0110. The van der Waals surface area contributed by atoms with E-state index in [1.807, 2.05) is 19.1 Å². The summed E-state index contributed by atoms with van der Waals surface area (Å²) >= 11 is 1.60. The number of benzene rings is 1. The van der Waals surface area contributed by atoms with Crippen LogP contribution in [0.15, 0.2) is 24.3 Å². The van der Waals surface area contributed by atoms with Gasteiger partial charge in [0.1, 0.15) is 16.8 Å². The van der Waals surface area contributed by atoms with Gasteiger partial charge in [-0.2, -0.15) is 5.26 Å². The molecule has 1 amide bonds. The van der Waals surface area contributed by atoms with Gasteiger partial charge in [0.25, 0.3) is 0 Å². The fourth-order valence-electron chi connectivity index (χ4n) is 4.51. The van der Waals surface area contributed by atoms with Gasteiger partial charge in [0.05, 0.1) is 12.2 Å². The van der Waals surface area contributed by atoms with Gasteiger partial charge >= 0.3 is 0 Å². The van der Waals surface area contributed by atoms with Crippen LogP contribution in [0, 0.1) is 11.3 Å². The number of carbonyl (C=O) groups excluding carboxylic acids is 1. The molecule has 0 spiro atoms. The van der Waals surface area contributed by atoms with Crippen molar-refractivity contribution >= 4 is 22.2 Å². The van der Waals surface area contributed by atoms with Gasteiger partial charge in [-0.05, 0) is 55.9 Å². The summed E-state index contributed by atoms with van der Waals surface area (Å²) in [6.07, 6.45) is 4.77. The first-order valence-electron chi connectivity index (χ1n) is 11.7. The molecule has 2 heterocycles. The number of piperazine rings is 1. The molecule has 1 aliphatic heterocycles. The molecule has 0 bridgehead atoms. The summed E-state index contributed by atoms with van der Waals surface area (Å²) in [6, 6.07) is 10.7. The summed E-state index contributed by atoms with van der Waals surface area (Å²) in [5.41, 5.74) is 3.16. The molecule has 170 valence electrons. The Morgan fingerprint density at radius 2 is 1.84 bits per heavy atom. The second-order valence-electron chi connectivity index (χ2n) is 8.52. The van der Waals surface area contributed by atoms with Crippen molar-refractivity contribution in [1.29, 1.82) is 5.26 Å². The van der Waals surface area contributed by atoms with Crippen molar-refractivity contribution in [2.24, 2.45) is 0 Å². The molecule has 2 aliphatic rings. The van der Waals surface area contributed by atoms with E-state index in [0.717, 1.165) is 69.3 Å². The smallest absolute Gasteiger partial charge is 0.226 e. The average molecular weight is 453 g/mol. The van der Waals surface area contributed by atoms with Gasteiger partial charge in [0.15, 0.2) is 0 Å². The molecule has 32 heavy (non-hydrogen) atoms. The zero-order valence-electron chi connectivity index (χ0n) is 18.9. The number of nitrogens with one attached hydrogen (secondary N) is 1. The number of nitrogens with zero attached hydrogens (tertiary/aromatic N) is 3. The van der Waals surface area contributed by atoms with Crippen LogP contribution in [-0.2, 0) is 24.2 Å². The van der Waals surface area contributed by atoms with Crippen LogP contribution in [0.25, 0.3) is 0 Å². The highest BCUT2D eigenvalue weighted by Crippen LogP contribution is 2.37. The van der Waals surface area contributed by atoms with Crippen molar-refractivity contribution in [2.75, 3.05) is 44.6 Å². The molecule has 0 unspecified atom stereocenters. The SMILES string of the molecule is CCOc1ccc(CN2CCN(CCC(=O)Nc3sc4c(c3C#N)CCCC4)CC2)cc1. The molecule has 1 fully saturated rings. The highest BCUT2D eigenvalue weighted by molar-refractivity contribution is 7.16. The molecule has 1 aliphatic carbocycles. The third-order valence-electron chi connectivity index (χ3n) is 6.30. The van der Waals surface area contributed by atoms with E-state index in [9.17, 15) is 10.1 Å². The number of carbonyl (C=O) groups is 1. The molecular weight excluding hydrogens is 420 g/mol. The second kappa shape index (κ2) is 11.0. The zero-order valence-corrected chi connectivity index (χ0v) is 19.7. The third-order valence-corrected chi connectivity index (χ3v) is 7.50. The van der Waals surface area contributed by atoms with Crippen molar-refractivity contribution in [2.45, 2.75) is 45.6 Å². The largest absolute Gasteiger partial charge is 0.494 e. The maximum atomic E-state index is 12.6. The molecule has 0 radical (unpaired) electrons. The van der Waals surface area contributed by atoms with Crippen LogP contribution in [0.3, 0.4) is 0 Å². The molecule has 1 N–H and O–H groups in total. The van der Waals surface area contributed by atoms with Crippen LogP contribution in [0.2, 0.25) is 0 Å². The van der Waals surface area contributed by atoms with Crippen LogP contribution in [0.1, 0.15) is 47.8 Å². The summed E-state index contributed by atoms with van der Waals surface area (Å²) in [6.45, 7) is 8.35. The lowest BCUT2D eigenvalue weighted by Crippen LogP contribution is -2.46. The number of amides is 1. The molecule has 7 heteroatoms. The predicted octanol–water partition coefficient (Wildman–Crippen LogP) is 4.04. The summed E-state index contributed by atoms with van der Waals surface area (Å²) < 4.78 is 5.51. The minimum absolute atomic E-state index is 0.0110. The first kappa shape index (κ1) is 22.8. The molecule has 6 nitrogen and oxygen atoms in total. The number of nitriles is 1. The molecular formula is C25H32N4O2S. The van der Waals surface area contributed by atoms with Gasteiger partial charge < -0.3 is 15.0 Å². The maximum absolute atomic E-state index is 12.6. The average Bonchev–Trinajstić information content (AvgIpc) is 3.17. The number of aryl methyl sites for hydroxylation is 1. The van der Waals surface area contributed by atoms with Crippen LogP contribution >= 0.6 is 11.3 Å². The molecule has 0 atom stereocenters. The van der Waals surface area contributed by atoms with E-state index in [1.165, 1.54) is 22.4 Å². The summed E-state index contributed by atoms with van der Waals surface area (Å²) in [7, 11) is 0. The van der Waals surface area contributed by atoms with Gasteiger partial charge in [0.2, 0.25) is 5.91 Å². The quantitative estimate of drug-likeness (QED) is 0.655. The molecule has 1 saturated heterocycles. The second-order valence-corrected chi connectivity index (χ2v) is 9.62. The Labute approximate surface area is 194 Å². The van der Waals surface area contributed by atoms with Crippen LogP contribution < -0.4 is 10.1 Å². The van der Waals surface area contributed by atoms with Crippen LogP contribution in [0.5, 0.6) is 5.75 Å². The number of thiophene rings is 1. The molecule has 4 rings (SSSR count). The van der Waals surface area contributed by atoms with E-state index in [4.69, 9.17) is 4.74 Å². The lowest BCUT2D eigenvalue weighted by atomic mass is 9.96. The minimum Gasteiger partial charge on any atom is -0.494 e. The van der Waals surface area contributed by atoms with E-state index in [1.54, 1.807) is 11.3 Å². The molecule has 1 aromatic carbocycles. The summed E-state index contributed by atoms with van der Waals surface area (Å²) in [4.78, 5) is 18.7. The Bertz CT molecular complexity index is 956. The van der Waals surface area contributed by atoms with Crippen LogP contribution in [0.4, 0.5) is 5.00 Å². The normalized spacial score (nSPS) is 16.9. The van der Waals surface area contributed by atoms with Crippen molar-refractivity contribution in [3.05, 3.63) is 45.8 Å². The van der Waals surface area contributed by atoms with Crippen molar-refractivity contribution in [1.82, 2.24) is 9.80 Å². The number of ether oxygens (including phenoxy) is 1. The Morgan fingerprint density at radius 1 is 1.12 bits per heavy atom. The lowest BCUT2D eigenvalue weighted by molar-refractivity contribution is -0.116. The fraction of sp³-hybridized carbons (Fsp3) is 0.520. The Balaban J connectivity index is 1.20. The highest BCUT2D eigenvalue weighted by atomic mass is 32.1. The highest BCUT2D eigenvalue weighted by Gasteiger charge is 2.22. The van der Waals surface area contributed by atoms with Gasteiger partial charge in [0, 0.05) is 50.6 Å². The standard InChI is InChI=1S/C25H32N4O2S/c1-2-31-20-9-7-19(8-10-20)18-29-15-13-28(14-16-29)12-11-24(30)27-25-22(17-26)21-5-3-4-6-23(21)32-25/h7-10H,2-6,11-16,18H2,1H3,(H,27,30). The molecule has 1 aromatic heterocycles. The Morgan fingerprint density at radius 3 is 2.56 bits per heavy atom. The van der Waals surface area contributed by atoms with Gasteiger partial charge in [-0.3, -0.25) is 9.69 Å². The molecule has 0 saturated carbocycles. The van der Waals surface area contributed by atoms with Gasteiger partial charge in [-0.15, -0.1) is 11.3 Å². The third kappa shape index (κ3) is 5.69. The number of hydrogen-bond acceptors (Lipinski definition) is 6. The van der Waals surface area contributed by atoms with E-state index < -0.39 is 0 Å². The predicted molar refractivity (Wildman–Crippen MR) is 128 cm³/mol. The van der Waals surface area contributed by atoms with Gasteiger partial charge in [-0.25, -0.2) is 0 Å². The Kier molecular flexibility index (Phi) is 7.80. The van der Waals surface area contributed by atoms with Gasteiger partial charge in [-0.1, -0.05) is 12.1 Å². The number of rotatable bonds is 8. The first-order chi connectivity index (χ1) is 15.7. The first-order valence-corrected chi connectivity index (χ1v) is 12.5. The maximum Gasteiger partial charge on any atom is 0.226 e. The monoisotopic (exact) mass is 452 g/mol. The fourth-order valence-corrected chi connectivity index (χ4v) is 5.76. The number of fused-ring (bicyclic) bond motifs is 1. The molecule has 2 aromatic rings. The topological polar surface area (TPSA) is 68.6 Å². The summed E-state index contributed by atoms with van der Waals surface area (Å²) in [5, 5.41) is 13.3. The lowest BCUT2D eigenvalue weighted by Gasteiger charge is -2.34. The Hall–Kier alpha value is -2.40. The summed E-state index contributed by atoms with van der Waals surface area (Å²) in [5.74, 6) is 0.931. The van der Waals surface area contributed by atoms with Crippen molar-refractivity contribution in [3.63, 3.8) is 0 Å². The van der Waals surface area contributed by atoms with Crippen LogP contribution in [-0.4, -0.2) is 55.0 Å². The van der Waals surface area contributed by atoms with Crippen molar-refractivity contribution < 1.29 is 9.53 Å². The number of hydrogen-bond donors (Lipinski definition) is 1. The van der Waals surface area contributed by atoms with E-state index >= 15 is 0 Å². The van der Waals surface area contributed by atoms with E-state index in [-0.39, 0.29) is 5.91 Å². The van der Waals surface area contributed by atoms with E-state index in [0.29, 0.717) is 18.6 Å². The van der Waals surface area contributed by atoms with E-state index in [2.05, 4.69) is 33.3 Å².